The second kappa shape index (κ2) is 10.2. The van der Waals surface area contributed by atoms with Gasteiger partial charge in [0.15, 0.2) is 0 Å². The molecule has 0 heterocycles. The molecular weight excluding hydrogens is 418 g/mol. The van der Waals surface area contributed by atoms with E-state index in [1.54, 1.807) is 0 Å². The predicted molar refractivity (Wildman–Crippen MR) is 94.4 cm³/mol. The molecule has 0 N–H and O–H groups in total. The molecule has 26 heavy (non-hydrogen) atoms. The van der Waals surface area contributed by atoms with Crippen molar-refractivity contribution in [1.82, 2.24) is 0 Å². The molecule has 1 aliphatic carbocycles. The molecule has 0 bridgehead atoms. The largest absolute Gasteiger partial charge is 1.00 e. The van der Waals surface area contributed by atoms with Crippen molar-refractivity contribution in [3.05, 3.63) is 94.1 Å². The van der Waals surface area contributed by atoms with Gasteiger partial charge in [0.2, 0.25) is 0 Å². The van der Waals surface area contributed by atoms with Crippen LogP contribution in [0.3, 0.4) is 0 Å². The number of allylic oxidation sites excluding steroid dienone is 4. The fourth-order valence-corrected chi connectivity index (χ4v) is 4.69. The molecular formula is C22H23Cl3Ti. The second-order valence-corrected chi connectivity index (χ2v) is 8.14. The van der Waals surface area contributed by atoms with Crippen molar-refractivity contribution in [3.63, 3.8) is 0 Å². The van der Waals surface area contributed by atoms with E-state index in [1.807, 2.05) is 0 Å². The molecule has 136 valence electrons. The maximum absolute atomic E-state index is 2.44. The summed E-state index contributed by atoms with van der Waals surface area (Å²) in [6.45, 7) is 8.83. The van der Waals surface area contributed by atoms with Gasteiger partial charge in [0.1, 0.15) is 0 Å². The molecule has 0 spiro atoms. The normalized spacial score (nSPS) is 18.3. The molecule has 0 amide bonds. The number of aryl methyl sites for hydroxylation is 2. The summed E-state index contributed by atoms with van der Waals surface area (Å²) in [7, 11) is 0. The Morgan fingerprint density at radius 2 is 1.23 bits per heavy atom. The van der Waals surface area contributed by atoms with Crippen LogP contribution < -0.4 is 37.2 Å². The second-order valence-electron chi connectivity index (χ2n) is 6.85. The van der Waals surface area contributed by atoms with Crippen molar-refractivity contribution < 1.29 is 57.7 Å². The molecule has 0 saturated carbocycles. The zero-order valence-corrected chi connectivity index (χ0v) is 19.3. The summed E-state index contributed by atoms with van der Waals surface area (Å²) < 4.78 is 0.0334. The average molecular weight is 442 g/mol. The molecule has 0 aromatic heterocycles. The third-order valence-electron chi connectivity index (χ3n) is 4.76. The zero-order valence-electron chi connectivity index (χ0n) is 15.5. The van der Waals surface area contributed by atoms with Crippen LogP contribution in [0.5, 0.6) is 0 Å². The van der Waals surface area contributed by atoms with Crippen LogP contribution >= 0.6 is 0 Å². The Hall–Kier alpha value is -0.496. The van der Waals surface area contributed by atoms with E-state index in [4.69, 9.17) is 0 Å². The van der Waals surface area contributed by atoms with Gasteiger partial charge < -0.3 is 37.2 Å². The van der Waals surface area contributed by atoms with Gasteiger partial charge in [-0.05, 0) is 0 Å². The molecule has 0 radical (unpaired) electrons. The van der Waals surface area contributed by atoms with Crippen LogP contribution in [0.25, 0.3) is 0 Å². The Morgan fingerprint density at radius 3 is 1.58 bits per heavy atom. The molecule has 4 heteroatoms. The first kappa shape index (κ1) is 25.5. The third-order valence-corrected chi connectivity index (χ3v) is 6.05. The number of hydrogen-bond donors (Lipinski definition) is 0. The SMILES string of the molecule is CC1=C[C]([Ti+3])(C(c2cccc(C)c2)c2cccc(C)c2)C(C)=C1.[Cl-].[Cl-].[Cl-]. The summed E-state index contributed by atoms with van der Waals surface area (Å²) in [6, 6.07) is 18.0. The quantitative estimate of drug-likeness (QED) is 0.447. The maximum Gasteiger partial charge on any atom is -1.00 e. The van der Waals surface area contributed by atoms with Gasteiger partial charge in [-0.1, -0.05) is 0 Å². The Kier molecular flexibility index (Phi) is 9.97. The van der Waals surface area contributed by atoms with E-state index in [-0.39, 0.29) is 40.9 Å². The first-order valence-electron chi connectivity index (χ1n) is 8.16. The summed E-state index contributed by atoms with van der Waals surface area (Å²) in [5, 5.41) is 0. The van der Waals surface area contributed by atoms with Gasteiger partial charge in [-0.2, -0.15) is 0 Å². The van der Waals surface area contributed by atoms with E-state index in [1.165, 1.54) is 33.4 Å². The van der Waals surface area contributed by atoms with E-state index >= 15 is 0 Å². The molecule has 1 atom stereocenters. The molecule has 2 aromatic rings. The Labute approximate surface area is 188 Å². The molecule has 0 nitrogen and oxygen atoms in total. The van der Waals surface area contributed by atoms with Gasteiger partial charge in [-0.25, -0.2) is 0 Å². The number of halogens is 3. The van der Waals surface area contributed by atoms with Crippen molar-refractivity contribution in [2.45, 2.75) is 37.3 Å². The van der Waals surface area contributed by atoms with Crippen LogP contribution in [-0.4, -0.2) is 0 Å². The molecule has 3 rings (SSSR count). The molecule has 1 aliphatic rings. The Morgan fingerprint density at radius 1 is 0.769 bits per heavy atom. The fourth-order valence-electron chi connectivity index (χ4n) is 3.70. The first-order valence-corrected chi connectivity index (χ1v) is 8.94. The molecule has 0 fully saturated rings. The number of benzene rings is 2. The summed E-state index contributed by atoms with van der Waals surface area (Å²) in [4.78, 5) is 0. The minimum Gasteiger partial charge on any atom is -1.00 e. The maximum atomic E-state index is 2.44. The summed E-state index contributed by atoms with van der Waals surface area (Å²) in [6.07, 6.45) is 4.77. The van der Waals surface area contributed by atoms with E-state index in [0.717, 1.165) is 0 Å². The van der Waals surface area contributed by atoms with Crippen molar-refractivity contribution in [2.75, 3.05) is 0 Å². The monoisotopic (exact) mass is 440 g/mol. The smallest absolute Gasteiger partial charge is 1.00 e. The average Bonchev–Trinajstić information content (AvgIpc) is 2.72. The van der Waals surface area contributed by atoms with Gasteiger partial charge in [-0.3, -0.25) is 0 Å². The van der Waals surface area contributed by atoms with Crippen LogP contribution in [-0.2, 0) is 20.4 Å². The minimum atomic E-state index is 0. The number of rotatable bonds is 3. The van der Waals surface area contributed by atoms with Crippen LogP contribution in [0.2, 0.25) is 3.72 Å². The van der Waals surface area contributed by atoms with Crippen molar-refractivity contribution in [2.24, 2.45) is 0 Å². The van der Waals surface area contributed by atoms with Crippen molar-refractivity contribution in [3.8, 4) is 0 Å². The van der Waals surface area contributed by atoms with Gasteiger partial charge in [0.25, 0.3) is 0 Å². The molecule has 0 aliphatic heterocycles. The van der Waals surface area contributed by atoms with E-state index in [2.05, 4.69) is 109 Å². The zero-order chi connectivity index (χ0) is 16.6. The number of hydrogen-bond acceptors (Lipinski definition) is 0. The van der Waals surface area contributed by atoms with Crippen molar-refractivity contribution in [1.29, 1.82) is 0 Å². The van der Waals surface area contributed by atoms with E-state index < -0.39 is 0 Å². The minimum absolute atomic E-state index is 0. The van der Waals surface area contributed by atoms with Gasteiger partial charge >= 0.3 is 152 Å². The Bertz CT molecular complexity index is 765. The van der Waals surface area contributed by atoms with Crippen LogP contribution in [0, 0.1) is 13.8 Å². The predicted octanol–water partition coefficient (Wildman–Crippen LogP) is -2.94. The summed E-state index contributed by atoms with van der Waals surface area (Å²) in [5.74, 6) is 0.344. The van der Waals surface area contributed by atoms with Crippen LogP contribution in [0.15, 0.2) is 71.8 Å². The van der Waals surface area contributed by atoms with E-state index in [9.17, 15) is 0 Å². The summed E-state index contributed by atoms with van der Waals surface area (Å²) >= 11 is 2.38. The Balaban J connectivity index is 0.00000208. The fraction of sp³-hybridized carbons (Fsp3) is 0.273. The van der Waals surface area contributed by atoms with Crippen LogP contribution in [0.4, 0.5) is 0 Å². The van der Waals surface area contributed by atoms with Crippen LogP contribution in [0.1, 0.15) is 42.0 Å². The standard InChI is InChI=1S/C22H23.3ClH.Ti/c1-15-7-5-9-19(12-15)22(20-10-6-8-16(2)13-20)21-14-17(3)11-18(21)4;;;;/h5-14,22H,1-4H3;3*1H;/q;;;;+3/p-3. The topological polar surface area (TPSA) is 0 Å². The third kappa shape index (κ3) is 5.06. The summed E-state index contributed by atoms with van der Waals surface area (Å²) in [5.41, 5.74) is 8.26. The molecule has 0 saturated heterocycles. The van der Waals surface area contributed by atoms with Crippen molar-refractivity contribution >= 4 is 0 Å². The van der Waals surface area contributed by atoms with Gasteiger partial charge in [0.05, 0.1) is 0 Å². The molecule has 2 aromatic carbocycles. The first-order chi connectivity index (χ1) is 10.9. The molecule has 1 unspecified atom stereocenters. The van der Waals surface area contributed by atoms with Gasteiger partial charge in [0, 0.05) is 0 Å². The van der Waals surface area contributed by atoms with Gasteiger partial charge in [-0.15, -0.1) is 0 Å². The van der Waals surface area contributed by atoms with E-state index in [0.29, 0.717) is 5.92 Å².